The third-order valence-corrected chi connectivity index (χ3v) is 5.35. The highest BCUT2D eigenvalue weighted by atomic mass is 15.1. The van der Waals surface area contributed by atoms with Crippen molar-refractivity contribution in [3.05, 3.63) is 109 Å². The number of nitrogen functional groups attached to an aromatic ring is 1. The average molecular weight is 393 g/mol. The lowest BCUT2D eigenvalue weighted by Crippen LogP contribution is -2.14. The van der Waals surface area contributed by atoms with Crippen LogP contribution in [0.1, 0.15) is 26.3 Å². The minimum absolute atomic E-state index is 0.114. The number of hydrogen-bond donors (Lipinski definition) is 1. The number of para-hydroxylation sites is 1. The van der Waals surface area contributed by atoms with Gasteiger partial charge in [-0.05, 0) is 52.9 Å². The summed E-state index contributed by atoms with van der Waals surface area (Å²) in [6.07, 6.45) is 0. The first kappa shape index (κ1) is 19.8. The van der Waals surface area contributed by atoms with Crippen LogP contribution in [-0.4, -0.2) is 0 Å². The molecule has 0 bridgehead atoms. The minimum atomic E-state index is 0.114. The Hall–Kier alpha value is -3.52. The molecule has 0 heterocycles. The van der Waals surface area contributed by atoms with Crippen LogP contribution in [0.5, 0.6) is 0 Å². The molecule has 2 N–H and O–H groups in total. The molecule has 150 valence electrons. The maximum absolute atomic E-state index is 6.16. The van der Waals surface area contributed by atoms with Gasteiger partial charge in [0, 0.05) is 22.6 Å². The number of benzene rings is 4. The summed E-state index contributed by atoms with van der Waals surface area (Å²) in [6.45, 7) is 6.72. The zero-order chi connectivity index (χ0) is 21.1. The second kappa shape index (κ2) is 8.08. The van der Waals surface area contributed by atoms with E-state index < -0.39 is 0 Å². The van der Waals surface area contributed by atoms with Crippen molar-refractivity contribution in [2.45, 2.75) is 26.2 Å². The molecule has 0 amide bonds. The van der Waals surface area contributed by atoms with Crippen LogP contribution >= 0.6 is 0 Å². The van der Waals surface area contributed by atoms with E-state index in [0.29, 0.717) is 0 Å². The van der Waals surface area contributed by atoms with Crippen LogP contribution in [0.15, 0.2) is 103 Å². The molecule has 4 aromatic carbocycles. The second-order valence-electron chi connectivity index (χ2n) is 8.61. The van der Waals surface area contributed by atoms with Crippen LogP contribution in [0.25, 0.3) is 11.1 Å². The molecule has 0 saturated heterocycles. The van der Waals surface area contributed by atoms with E-state index in [1.807, 2.05) is 24.3 Å². The van der Waals surface area contributed by atoms with Crippen molar-refractivity contribution in [2.24, 2.45) is 0 Å². The highest BCUT2D eigenvalue weighted by molar-refractivity contribution is 5.88. The summed E-state index contributed by atoms with van der Waals surface area (Å²) >= 11 is 0. The summed E-state index contributed by atoms with van der Waals surface area (Å²) in [5.74, 6) is 0. The van der Waals surface area contributed by atoms with Gasteiger partial charge in [-0.2, -0.15) is 0 Å². The zero-order valence-electron chi connectivity index (χ0n) is 17.8. The summed E-state index contributed by atoms with van der Waals surface area (Å²) in [7, 11) is 0. The maximum Gasteiger partial charge on any atom is 0.0540 e. The van der Waals surface area contributed by atoms with Crippen molar-refractivity contribution >= 4 is 22.7 Å². The minimum Gasteiger partial charge on any atom is -0.399 e. The van der Waals surface area contributed by atoms with E-state index >= 15 is 0 Å². The Bertz CT molecular complexity index is 1120. The van der Waals surface area contributed by atoms with E-state index in [4.69, 9.17) is 5.73 Å². The van der Waals surface area contributed by atoms with Crippen molar-refractivity contribution in [2.75, 3.05) is 10.6 Å². The van der Waals surface area contributed by atoms with Gasteiger partial charge in [0.1, 0.15) is 0 Å². The molecule has 0 aliphatic carbocycles. The standard InChI is InChI=1S/C28H28N2/c1-28(2,3)22-16-18-24(19-17-22)30(25-13-9-12-23(29)20-25)27-15-8-7-14-26(27)21-10-5-4-6-11-21/h4-20H,29H2,1-3H3. The molecule has 0 unspecified atom stereocenters. The third-order valence-electron chi connectivity index (χ3n) is 5.35. The van der Waals surface area contributed by atoms with Crippen molar-refractivity contribution in [1.82, 2.24) is 0 Å². The van der Waals surface area contributed by atoms with Crippen LogP contribution in [0.4, 0.5) is 22.7 Å². The highest BCUT2D eigenvalue weighted by Gasteiger charge is 2.18. The van der Waals surface area contributed by atoms with Gasteiger partial charge in [-0.25, -0.2) is 0 Å². The maximum atomic E-state index is 6.16. The van der Waals surface area contributed by atoms with Gasteiger partial charge in [0.2, 0.25) is 0 Å². The first-order valence-corrected chi connectivity index (χ1v) is 10.3. The molecule has 0 saturated carbocycles. The summed E-state index contributed by atoms with van der Waals surface area (Å²) < 4.78 is 0. The van der Waals surface area contributed by atoms with E-state index in [1.54, 1.807) is 0 Å². The summed E-state index contributed by atoms with van der Waals surface area (Å²) in [5.41, 5.74) is 14.0. The molecule has 2 nitrogen and oxygen atoms in total. The van der Waals surface area contributed by atoms with Crippen LogP contribution < -0.4 is 10.6 Å². The van der Waals surface area contributed by atoms with E-state index in [-0.39, 0.29) is 5.41 Å². The smallest absolute Gasteiger partial charge is 0.0540 e. The van der Waals surface area contributed by atoms with E-state index in [1.165, 1.54) is 16.7 Å². The molecule has 0 aliphatic rings. The summed E-state index contributed by atoms with van der Waals surface area (Å²) in [6, 6.07) is 35.9. The van der Waals surface area contributed by atoms with Gasteiger partial charge < -0.3 is 10.6 Å². The summed E-state index contributed by atoms with van der Waals surface area (Å²) in [5, 5.41) is 0. The van der Waals surface area contributed by atoms with Gasteiger partial charge in [0.25, 0.3) is 0 Å². The molecule has 0 radical (unpaired) electrons. The number of hydrogen-bond acceptors (Lipinski definition) is 2. The molecule has 4 rings (SSSR count). The molecule has 0 atom stereocenters. The molecule has 0 spiro atoms. The van der Waals surface area contributed by atoms with Crippen LogP contribution in [0, 0.1) is 0 Å². The van der Waals surface area contributed by atoms with Crippen LogP contribution in [0.2, 0.25) is 0 Å². The van der Waals surface area contributed by atoms with Crippen molar-refractivity contribution in [1.29, 1.82) is 0 Å². The Morgan fingerprint density at radius 3 is 1.97 bits per heavy atom. The van der Waals surface area contributed by atoms with Gasteiger partial charge >= 0.3 is 0 Å². The van der Waals surface area contributed by atoms with Gasteiger partial charge in [0.05, 0.1) is 5.69 Å². The fourth-order valence-corrected chi connectivity index (χ4v) is 3.73. The molecule has 0 aromatic heterocycles. The quantitative estimate of drug-likeness (QED) is 0.360. The molecule has 4 aromatic rings. The van der Waals surface area contributed by atoms with Crippen LogP contribution in [-0.2, 0) is 5.41 Å². The highest BCUT2D eigenvalue weighted by Crippen LogP contribution is 2.41. The summed E-state index contributed by atoms with van der Waals surface area (Å²) in [4.78, 5) is 2.28. The molecular formula is C28H28N2. The van der Waals surface area contributed by atoms with Crippen molar-refractivity contribution in [3.63, 3.8) is 0 Å². The predicted molar refractivity (Wildman–Crippen MR) is 130 cm³/mol. The predicted octanol–water partition coefficient (Wildman–Crippen LogP) is 7.70. The Kier molecular flexibility index (Phi) is 5.33. The largest absolute Gasteiger partial charge is 0.399 e. The fourth-order valence-electron chi connectivity index (χ4n) is 3.73. The fraction of sp³-hybridized carbons (Fsp3) is 0.143. The molecular weight excluding hydrogens is 364 g/mol. The Balaban J connectivity index is 1.90. The molecule has 0 fully saturated rings. The lowest BCUT2D eigenvalue weighted by molar-refractivity contribution is 0.590. The van der Waals surface area contributed by atoms with E-state index in [9.17, 15) is 0 Å². The number of anilines is 4. The lowest BCUT2D eigenvalue weighted by atomic mass is 9.87. The Morgan fingerprint density at radius 1 is 0.633 bits per heavy atom. The number of rotatable bonds is 4. The zero-order valence-corrected chi connectivity index (χ0v) is 17.8. The normalized spacial score (nSPS) is 11.3. The Morgan fingerprint density at radius 2 is 1.30 bits per heavy atom. The Labute approximate surface area is 179 Å². The van der Waals surface area contributed by atoms with Gasteiger partial charge in [-0.3, -0.25) is 0 Å². The topological polar surface area (TPSA) is 29.3 Å². The van der Waals surface area contributed by atoms with Gasteiger partial charge in [0.15, 0.2) is 0 Å². The molecule has 0 aliphatic heterocycles. The van der Waals surface area contributed by atoms with E-state index in [2.05, 4.69) is 105 Å². The third kappa shape index (κ3) is 4.08. The lowest BCUT2D eigenvalue weighted by Gasteiger charge is -2.29. The SMILES string of the molecule is CC(C)(C)c1ccc(N(c2cccc(N)c2)c2ccccc2-c2ccccc2)cc1. The monoisotopic (exact) mass is 392 g/mol. The molecule has 30 heavy (non-hydrogen) atoms. The van der Waals surface area contributed by atoms with E-state index in [0.717, 1.165) is 22.7 Å². The number of nitrogens with zero attached hydrogens (tertiary/aromatic N) is 1. The van der Waals surface area contributed by atoms with Crippen molar-refractivity contribution in [3.8, 4) is 11.1 Å². The first-order valence-electron chi connectivity index (χ1n) is 10.3. The van der Waals surface area contributed by atoms with Crippen LogP contribution in [0.3, 0.4) is 0 Å². The van der Waals surface area contributed by atoms with Gasteiger partial charge in [-0.1, -0.05) is 87.5 Å². The average Bonchev–Trinajstić information content (AvgIpc) is 2.75. The first-order chi connectivity index (χ1) is 14.4. The molecule has 2 heteroatoms. The number of nitrogens with two attached hydrogens (primary N) is 1. The van der Waals surface area contributed by atoms with Crippen molar-refractivity contribution < 1.29 is 0 Å². The second-order valence-corrected chi connectivity index (χ2v) is 8.61. The van der Waals surface area contributed by atoms with Gasteiger partial charge in [-0.15, -0.1) is 0 Å².